The van der Waals surface area contributed by atoms with Gasteiger partial charge in [-0.25, -0.2) is 9.97 Å². The first-order valence-corrected chi connectivity index (χ1v) is 6.69. The Morgan fingerprint density at radius 1 is 1.28 bits per heavy atom. The number of rotatable bonds is 6. The number of nitrogens with zero attached hydrogens (tertiary/aromatic N) is 3. The summed E-state index contributed by atoms with van der Waals surface area (Å²) < 4.78 is 0. The summed E-state index contributed by atoms with van der Waals surface area (Å²) in [5.74, 6) is 1.00. The van der Waals surface area contributed by atoms with Crippen molar-refractivity contribution in [3.05, 3.63) is 18.1 Å². The first-order valence-electron chi connectivity index (χ1n) is 6.69. The van der Waals surface area contributed by atoms with Crippen LogP contribution in [-0.2, 0) is 6.42 Å². The summed E-state index contributed by atoms with van der Waals surface area (Å²) >= 11 is 0. The van der Waals surface area contributed by atoms with Crippen LogP contribution in [0.2, 0.25) is 0 Å². The highest BCUT2D eigenvalue weighted by atomic mass is 15.2. The van der Waals surface area contributed by atoms with Gasteiger partial charge in [0.05, 0.1) is 0 Å². The lowest BCUT2D eigenvalue weighted by atomic mass is 10.1. The molecule has 4 heteroatoms. The first kappa shape index (κ1) is 14.9. The SMILES string of the molecule is CCCc1cc(N(C)CCNC(C)(C)C)ncn1. The van der Waals surface area contributed by atoms with E-state index >= 15 is 0 Å². The van der Waals surface area contributed by atoms with Crippen molar-refractivity contribution in [2.75, 3.05) is 25.0 Å². The zero-order chi connectivity index (χ0) is 13.6. The molecule has 4 nitrogen and oxygen atoms in total. The predicted molar refractivity (Wildman–Crippen MR) is 77.1 cm³/mol. The first-order chi connectivity index (χ1) is 8.42. The molecule has 0 aromatic carbocycles. The Labute approximate surface area is 111 Å². The molecule has 0 radical (unpaired) electrons. The number of anilines is 1. The molecule has 1 heterocycles. The van der Waals surface area contributed by atoms with Crippen molar-refractivity contribution in [1.82, 2.24) is 15.3 Å². The third-order valence-corrected chi connectivity index (χ3v) is 2.71. The summed E-state index contributed by atoms with van der Waals surface area (Å²) in [6.07, 6.45) is 3.80. The molecule has 0 aliphatic rings. The predicted octanol–water partition coefficient (Wildman–Crippen LogP) is 2.25. The molecule has 0 unspecified atom stereocenters. The zero-order valence-corrected chi connectivity index (χ0v) is 12.3. The smallest absolute Gasteiger partial charge is 0.131 e. The number of aromatic nitrogens is 2. The van der Waals surface area contributed by atoms with Gasteiger partial charge >= 0.3 is 0 Å². The van der Waals surface area contributed by atoms with Gasteiger partial charge in [0.25, 0.3) is 0 Å². The molecule has 102 valence electrons. The van der Waals surface area contributed by atoms with E-state index in [1.807, 2.05) is 0 Å². The highest BCUT2D eigenvalue weighted by molar-refractivity contribution is 5.37. The third-order valence-electron chi connectivity index (χ3n) is 2.71. The van der Waals surface area contributed by atoms with Gasteiger partial charge in [-0.05, 0) is 27.2 Å². The molecule has 1 aromatic heterocycles. The molecule has 1 N–H and O–H groups in total. The molecule has 18 heavy (non-hydrogen) atoms. The summed E-state index contributed by atoms with van der Waals surface area (Å²) in [6, 6.07) is 2.08. The molecule has 0 spiro atoms. The van der Waals surface area contributed by atoms with Crippen molar-refractivity contribution in [1.29, 1.82) is 0 Å². The van der Waals surface area contributed by atoms with Crippen LogP contribution in [0.3, 0.4) is 0 Å². The summed E-state index contributed by atoms with van der Waals surface area (Å²) in [4.78, 5) is 10.8. The highest BCUT2D eigenvalue weighted by Gasteiger charge is 2.09. The second-order valence-electron chi connectivity index (χ2n) is 5.72. The summed E-state index contributed by atoms with van der Waals surface area (Å²) in [7, 11) is 2.07. The maximum atomic E-state index is 4.32. The van der Waals surface area contributed by atoms with Crippen molar-refractivity contribution in [3.8, 4) is 0 Å². The van der Waals surface area contributed by atoms with Gasteiger partial charge < -0.3 is 10.2 Å². The van der Waals surface area contributed by atoms with Crippen LogP contribution in [0.15, 0.2) is 12.4 Å². The molecule has 0 fully saturated rings. The number of nitrogens with one attached hydrogen (secondary N) is 1. The summed E-state index contributed by atoms with van der Waals surface area (Å²) in [5.41, 5.74) is 1.29. The van der Waals surface area contributed by atoms with E-state index in [4.69, 9.17) is 0 Å². The maximum Gasteiger partial charge on any atom is 0.131 e. The quantitative estimate of drug-likeness (QED) is 0.841. The van der Waals surface area contributed by atoms with Gasteiger partial charge in [0.2, 0.25) is 0 Å². The minimum absolute atomic E-state index is 0.167. The van der Waals surface area contributed by atoms with Crippen molar-refractivity contribution >= 4 is 5.82 Å². The number of likely N-dealkylation sites (N-methyl/N-ethyl adjacent to an activating group) is 1. The summed E-state index contributed by atoms with van der Waals surface area (Å²) in [6.45, 7) is 10.6. The van der Waals surface area contributed by atoms with Gasteiger partial charge in [0.1, 0.15) is 12.1 Å². The van der Waals surface area contributed by atoms with Crippen LogP contribution in [0.25, 0.3) is 0 Å². The van der Waals surface area contributed by atoms with Crippen LogP contribution in [0.4, 0.5) is 5.82 Å². The number of hydrogen-bond donors (Lipinski definition) is 1. The van der Waals surface area contributed by atoms with Crippen molar-refractivity contribution in [2.24, 2.45) is 0 Å². The van der Waals surface area contributed by atoms with Crippen LogP contribution in [0.1, 0.15) is 39.8 Å². The third kappa shape index (κ3) is 5.45. The van der Waals surface area contributed by atoms with Crippen molar-refractivity contribution in [2.45, 2.75) is 46.1 Å². The molecule has 0 bridgehead atoms. The molecule has 1 rings (SSSR count). The number of hydrogen-bond acceptors (Lipinski definition) is 4. The second-order valence-corrected chi connectivity index (χ2v) is 5.72. The lowest BCUT2D eigenvalue weighted by molar-refractivity contribution is 0.430. The van der Waals surface area contributed by atoms with Gasteiger partial charge in [0.15, 0.2) is 0 Å². The Morgan fingerprint density at radius 3 is 2.61 bits per heavy atom. The number of aryl methyl sites for hydroxylation is 1. The fourth-order valence-corrected chi connectivity index (χ4v) is 1.70. The summed E-state index contributed by atoms with van der Waals surface area (Å²) in [5, 5.41) is 3.48. The fourth-order valence-electron chi connectivity index (χ4n) is 1.70. The van der Waals surface area contributed by atoms with E-state index in [9.17, 15) is 0 Å². The topological polar surface area (TPSA) is 41.0 Å². The molecule has 0 saturated heterocycles. The minimum atomic E-state index is 0.167. The largest absolute Gasteiger partial charge is 0.358 e. The normalized spacial score (nSPS) is 11.6. The molecule has 1 aromatic rings. The van der Waals surface area contributed by atoms with Crippen molar-refractivity contribution in [3.63, 3.8) is 0 Å². The van der Waals surface area contributed by atoms with Crippen LogP contribution in [0.5, 0.6) is 0 Å². The standard InChI is InChI=1S/C14H26N4/c1-6-7-12-10-13(16-11-15-12)18(5)9-8-17-14(2,3)4/h10-11,17H,6-9H2,1-5H3. The van der Waals surface area contributed by atoms with Gasteiger partial charge in [-0.3, -0.25) is 0 Å². The second kappa shape index (κ2) is 6.69. The van der Waals surface area contributed by atoms with E-state index in [2.05, 4.69) is 61.0 Å². The average molecular weight is 250 g/mol. The molecule has 0 saturated carbocycles. The molecule has 0 aliphatic heterocycles. The molecule has 0 amide bonds. The van der Waals surface area contributed by atoms with Crippen LogP contribution >= 0.6 is 0 Å². The van der Waals surface area contributed by atoms with Crippen LogP contribution in [-0.4, -0.2) is 35.6 Å². The molecule has 0 atom stereocenters. The Bertz CT molecular complexity index is 357. The zero-order valence-electron chi connectivity index (χ0n) is 12.3. The van der Waals surface area contributed by atoms with Gasteiger partial charge in [-0.2, -0.15) is 0 Å². The Hall–Kier alpha value is -1.16. The fraction of sp³-hybridized carbons (Fsp3) is 0.714. The van der Waals surface area contributed by atoms with Gasteiger partial charge in [-0.15, -0.1) is 0 Å². The molecule has 0 aliphatic carbocycles. The Balaban J connectivity index is 2.50. The molecular formula is C14H26N4. The maximum absolute atomic E-state index is 4.32. The van der Waals surface area contributed by atoms with E-state index in [0.29, 0.717) is 0 Å². The Kier molecular flexibility index (Phi) is 5.54. The highest BCUT2D eigenvalue weighted by Crippen LogP contribution is 2.10. The monoisotopic (exact) mass is 250 g/mol. The lowest BCUT2D eigenvalue weighted by Crippen LogP contribution is -2.40. The van der Waals surface area contributed by atoms with Crippen molar-refractivity contribution < 1.29 is 0 Å². The lowest BCUT2D eigenvalue weighted by Gasteiger charge is -2.24. The van der Waals surface area contributed by atoms with E-state index in [-0.39, 0.29) is 5.54 Å². The van der Waals surface area contributed by atoms with E-state index in [1.54, 1.807) is 6.33 Å². The van der Waals surface area contributed by atoms with E-state index in [1.165, 1.54) is 0 Å². The molecular weight excluding hydrogens is 224 g/mol. The van der Waals surface area contributed by atoms with Gasteiger partial charge in [-0.1, -0.05) is 13.3 Å². The van der Waals surface area contributed by atoms with E-state index in [0.717, 1.165) is 37.4 Å². The van der Waals surface area contributed by atoms with Gasteiger partial charge in [0, 0.05) is 37.4 Å². The Morgan fingerprint density at radius 2 is 2.00 bits per heavy atom. The minimum Gasteiger partial charge on any atom is -0.358 e. The van der Waals surface area contributed by atoms with Crippen LogP contribution < -0.4 is 10.2 Å². The van der Waals surface area contributed by atoms with Crippen LogP contribution in [0, 0.1) is 0 Å². The van der Waals surface area contributed by atoms with E-state index < -0.39 is 0 Å². The average Bonchev–Trinajstić information content (AvgIpc) is 2.28.